The molecule has 1 aliphatic rings. The third-order valence-electron chi connectivity index (χ3n) is 3.06. The molecule has 1 aliphatic heterocycles. The van der Waals surface area contributed by atoms with E-state index in [1.807, 2.05) is 6.92 Å². The normalized spacial score (nSPS) is 15.8. The van der Waals surface area contributed by atoms with Crippen LogP contribution in [0.15, 0.2) is 6.07 Å². The van der Waals surface area contributed by atoms with Gasteiger partial charge in [-0.2, -0.15) is 0 Å². The van der Waals surface area contributed by atoms with Gasteiger partial charge in [-0.3, -0.25) is 0 Å². The average Bonchev–Trinajstić information content (AvgIpc) is 2.38. The summed E-state index contributed by atoms with van der Waals surface area (Å²) in [4.78, 5) is 22.2. The molecule has 106 valence electrons. The molecule has 1 saturated heterocycles. The number of hydrogen-bond acceptors (Lipinski definition) is 6. The van der Waals surface area contributed by atoms with Gasteiger partial charge in [0, 0.05) is 24.8 Å². The first-order valence-corrected chi connectivity index (χ1v) is 6.04. The van der Waals surface area contributed by atoms with E-state index in [4.69, 9.17) is 5.73 Å². The van der Waals surface area contributed by atoms with Crippen molar-refractivity contribution < 1.29 is 9.53 Å². The number of nitrogens with zero attached hydrogens (tertiary/aromatic N) is 3. The predicted octanol–water partition coefficient (Wildman–Crippen LogP) is 0.921. The van der Waals surface area contributed by atoms with Crippen molar-refractivity contribution in [3.05, 3.63) is 17.5 Å². The SMILES string of the molecule is COC(=O)c1cc(C)nc(N2CCC(N)CC2)n1.Cl. The van der Waals surface area contributed by atoms with Crippen LogP contribution in [0.5, 0.6) is 0 Å². The highest BCUT2D eigenvalue weighted by atomic mass is 35.5. The molecule has 0 saturated carbocycles. The van der Waals surface area contributed by atoms with Crippen LogP contribution in [0.2, 0.25) is 0 Å². The Hall–Kier alpha value is -1.40. The van der Waals surface area contributed by atoms with Crippen molar-refractivity contribution in [2.24, 2.45) is 5.73 Å². The van der Waals surface area contributed by atoms with Crippen LogP contribution in [-0.4, -0.2) is 42.2 Å². The van der Waals surface area contributed by atoms with Crippen molar-refractivity contribution >= 4 is 24.3 Å². The standard InChI is InChI=1S/C12H18N4O2.ClH/c1-8-7-10(11(17)18-2)15-12(14-8)16-5-3-9(13)4-6-16;/h7,9H,3-6,13H2,1-2H3;1H. The zero-order valence-corrected chi connectivity index (χ0v) is 11.9. The van der Waals surface area contributed by atoms with Crippen molar-refractivity contribution in [1.29, 1.82) is 0 Å². The maximum atomic E-state index is 11.5. The lowest BCUT2D eigenvalue weighted by atomic mass is 10.1. The lowest BCUT2D eigenvalue weighted by molar-refractivity contribution is 0.0593. The Morgan fingerprint density at radius 3 is 2.63 bits per heavy atom. The first-order chi connectivity index (χ1) is 8.60. The van der Waals surface area contributed by atoms with E-state index < -0.39 is 5.97 Å². The molecule has 0 unspecified atom stereocenters. The number of rotatable bonds is 2. The summed E-state index contributed by atoms with van der Waals surface area (Å²) in [6, 6.07) is 1.89. The number of carbonyl (C=O) groups is 1. The van der Waals surface area contributed by atoms with E-state index in [9.17, 15) is 4.79 Å². The molecule has 0 atom stereocenters. The minimum Gasteiger partial charge on any atom is -0.464 e. The van der Waals surface area contributed by atoms with Gasteiger partial charge in [0.1, 0.15) is 0 Å². The maximum absolute atomic E-state index is 11.5. The van der Waals surface area contributed by atoms with Crippen molar-refractivity contribution in [3.8, 4) is 0 Å². The molecule has 0 spiro atoms. The average molecular weight is 287 g/mol. The number of anilines is 1. The first-order valence-electron chi connectivity index (χ1n) is 6.04. The fraction of sp³-hybridized carbons (Fsp3) is 0.583. The number of nitrogens with two attached hydrogens (primary N) is 1. The quantitative estimate of drug-likeness (QED) is 0.814. The Morgan fingerprint density at radius 1 is 1.42 bits per heavy atom. The van der Waals surface area contributed by atoms with Gasteiger partial charge < -0.3 is 15.4 Å². The van der Waals surface area contributed by atoms with E-state index in [1.165, 1.54) is 7.11 Å². The van der Waals surface area contributed by atoms with E-state index in [0.29, 0.717) is 11.6 Å². The van der Waals surface area contributed by atoms with Crippen LogP contribution >= 0.6 is 12.4 Å². The fourth-order valence-electron chi connectivity index (χ4n) is 2.00. The monoisotopic (exact) mass is 286 g/mol. The zero-order valence-electron chi connectivity index (χ0n) is 11.1. The molecular weight excluding hydrogens is 268 g/mol. The third kappa shape index (κ3) is 3.78. The van der Waals surface area contributed by atoms with E-state index >= 15 is 0 Å². The van der Waals surface area contributed by atoms with Crippen LogP contribution in [0.4, 0.5) is 5.95 Å². The van der Waals surface area contributed by atoms with Crippen molar-refractivity contribution in [2.45, 2.75) is 25.8 Å². The maximum Gasteiger partial charge on any atom is 0.356 e. The summed E-state index contributed by atoms with van der Waals surface area (Å²) < 4.78 is 4.68. The van der Waals surface area contributed by atoms with E-state index in [2.05, 4.69) is 19.6 Å². The number of esters is 1. The van der Waals surface area contributed by atoms with E-state index in [-0.39, 0.29) is 18.4 Å². The Labute approximate surface area is 118 Å². The lowest BCUT2D eigenvalue weighted by Gasteiger charge is -2.30. The minimum atomic E-state index is -0.435. The summed E-state index contributed by atoms with van der Waals surface area (Å²) in [6.07, 6.45) is 1.84. The molecule has 2 N–H and O–H groups in total. The molecule has 19 heavy (non-hydrogen) atoms. The summed E-state index contributed by atoms with van der Waals surface area (Å²) in [5.41, 5.74) is 6.92. The van der Waals surface area contributed by atoms with Gasteiger partial charge in [0.05, 0.1) is 7.11 Å². The molecular formula is C12H19ClN4O2. The summed E-state index contributed by atoms with van der Waals surface area (Å²) >= 11 is 0. The lowest BCUT2D eigenvalue weighted by Crippen LogP contribution is -2.40. The van der Waals surface area contributed by atoms with Gasteiger partial charge in [0.25, 0.3) is 0 Å². The van der Waals surface area contributed by atoms with Crippen LogP contribution in [0.3, 0.4) is 0 Å². The van der Waals surface area contributed by atoms with E-state index in [0.717, 1.165) is 31.6 Å². The zero-order chi connectivity index (χ0) is 13.1. The second-order valence-electron chi connectivity index (χ2n) is 4.51. The van der Waals surface area contributed by atoms with Gasteiger partial charge in [-0.1, -0.05) is 0 Å². The number of halogens is 1. The van der Waals surface area contributed by atoms with Crippen LogP contribution in [0.25, 0.3) is 0 Å². The van der Waals surface area contributed by atoms with Crippen LogP contribution in [0, 0.1) is 6.92 Å². The highest BCUT2D eigenvalue weighted by Crippen LogP contribution is 2.16. The molecule has 0 bridgehead atoms. The molecule has 0 aliphatic carbocycles. The second-order valence-corrected chi connectivity index (χ2v) is 4.51. The summed E-state index contributed by atoms with van der Waals surface area (Å²) in [7, 11) is 1.35. The number of methoxy groups -OCH3 is 1. The minimum absolute atomic E-state index is 0. The molecule has 0 radical (unpaired) electrons. The molecule has 1 aromatic heterocycles. The molecule has 0 aromatic carbocycles. The molecule has 2 rings (SSSR count). The fourth-order valence-corrected chi connectivity index (χ4v) is 2.00. The van der Waals surface area contributed by atoms with Crippen molar-refractivity contribution in [2.75, 3.05) is 25.1 Å². The second kappa shape index (κ2) is 6.68. The Morgan fingerprint density at radius 2 is 2.05 bits per heavy atom. The topological polar surface area (TPSA) is 81.3 Å². The Balaban J connectivity index is 0.00000180. The number of hydrogen-bond donors (Lipinski definition) is 1. The van der Waals surface area contributed by atoms with Crippen LogP contribution in [-0.2, 0) is 4.74 Å². The number of aryl methyl sites for hydroxylation is 1. The molecule has 2 heterocycles. The highest BCUT2D eigenvalue weighted by Gasteiger charge is 2.20. The molecule has 6 nitrogen and oxygen atoms in total. The Bertz CT molecular complexity index is 447. The molecule has 7 heteroatoms. The van der Waals surface area contributed by atoms with Gasteiger partial charge in [-0.25, -0.2) is 14.8 Å². The van der Waals surface area contributed by atoms with Gasteiger partial charge in [-0.05, 0) is 25.8 Å². The summed E-state index contributed by atoms with van der Waals surface area (Å²) in [5, 5.41) is 0. The number of carbonyl (C=O) groups excluding carboxylic acids is 1. The third-order valence-corrected chi connectivity index (χ3v) is 3.06. The van der Waals surface area contributed by atoms with Crippen LogP contribution < -0.4 is 10.6 Å². The van der Waals surface area contributed by atoms with E-state index in [1.54, 1.807) is 6.07 Å². The summed E-state index contributed by atoms with van der Waals surface area (Å²) in [5.74, 6) is 0.151. The first kappa shape index (κ1) is 15.7. The molecule has 0 amide bonds. The molecule has 1 fully saturated rings. The van der Waals surface area contributed by atoms with Gasteiger partial charge in [0.15, 0.2) is 5.69 Å². The van der Waals surface area contributed by atoms with Gasteiger partial charge in [0.2, 0.25) is 5.95 Å². The van der Waals surface area contributed by atoms with Gasteiger partial charge in [-0.15, -0.1) is 12.4 Å². The van der Waals surface area contributed by atoms with Crippen molar-refractivity contribution in [3.63, 3.8) is 0 Å². The van der Waals surface area contributed by atoms with Gasteiger partial charge >= 0.3 is 5.97 Å². The predicted molar refractivity (Wildman–Crippen MR) is 74.8 cm³/mol. The largest absolute Gasteiger partial charge is 0.464 e. The Kier molecular flexibility index (Phi) is 5.50. The van der Waals surface area contributed by atoms with Crippen molar-refractivity contribution in [1.82, 2.24) is 9.97 Å². The molecule has 1 aromatic rings. The summed E-state index contributed by atoms with van der Waals surface area (Å²) in [6.45, 7) is 3.49. The smallest absolute Gasteiger partial charge is 0.356 e. The highest BCUT2D eigenvalue weighted by molar-refractivity contribution is 5.87. The number of ether oxygens (including phenoxy) is 1. The van der Waals surface area contributed by atoms with Crippen LogP contribution in [0.1, 0.15) is 29.0 Å². The number of piperidine rings is 1. The number of aromatic nitrogens is 2.